The number of ether oxygens (including phenoxy) is 1. The maximum atomic E-state index is 10.6. The number of rotatable bonds is 6. The molecule has 0 spiro atoms. The van der Waals surface area contributed by atoms with Crippen LogP contribution < -0.4 is 0 Å². The Labute approximate surface area is 117 Å². The van der Waals surface area contributed by atoms with Crippen LogP contribution in [0.15, 0.2) is 35.9 Å². The lowest BCUT2D eigenvalue weighted by Gasteiger charge is -2.20. The summed E-state index contributed by atoms with van der Waals surface area (Å²) in [5, 5.41) is -0.439. The van der Waals surface area contributed by atoms with Gasteiger partial charge in [-0.3, -0.25) is 4.79 Å². The lowest BCUT2D eigenvalue weighted by Crippen LogP contribution is -2.24. The van der Waals surface area contributed by atoms with E-state index >= 15 is 0 Å². The largest absolute Gasteiger partial charge is 0.461 e. The first-order valence-corrected chi connectivity index (χ1v) is 6.16. The van der Waals surface area contributed by atoms with Gasteiger partial charge in [-0.1, -0.05) is 29.8 Å². The Bertz CT molecular complexity index is 333. The molecule has 17 heavy (non-hydrogen) atoms. The summed E-state index contributed by atoms with van der Waals surface area (Å²) in [4.78, 5) is 9.89. The van der Waals surface area contributed by atoms with E-state index in [-0.39, 0.29) is 12.6 Å². The maximum Gasteiger partial charge on any atom is 0.302 e. The van der Waals surface area contributed by atoms with Gasteiger partial charge in [0.15, 0.2) is 0 Å². The van der Waals surface area contributed by atoms with E-state index in [0.29, 0.717) is 5.57 Å². The van der Waals surface area contributed by atoms with Crippen molar-refractivity contribution in [3.8, 4) is 0 Å². The Morgan fingerprint density at radius 2 is 2.18 bits per heavy atom. The van der Waals surface area contributed by atoms with Gasteiger partial charge in [-0.05, 0) is 6.92 Å². The van der Waals surface area contributed by atoms with Gasteiger partial charge in [-0.15, -0.1) is 29.8 Å². The molecule has 0 amide bonds. The van der Waals surface area contributed by atoms with Gasteiger partial charge in [0.05, 0.1) is 10.3 Å². The van der Waals surface area contributed by atoms with Gasteiger partial charge in [0.2, 0.25) is 0 Å². The molecule has 0 aliphatic carbocycles. The lowest BCUT2D eigenvalue weighted by molar-refractivity contribution is -0.139. The molecule has 2 nitrogen and oxygen atoms in total. The van der Waals surface area contributed by atoms with Gasteiger partial charge >= 0.3 is 5.97 Å². The zero-order chi connectivity index (χ0) is 13.5. The van der Waals surface area contributed by atoms with Crippen LogP contribution in [0, 0.1) is 0 Å². The predicted molar refractivity (Wildman–Crippen MR) is 73.8 cm³/mol. The molecule has 96 valence electrons. The van der Waals surface area contributed by atoms with Crippen LogP contribution in [0.2, 0.25) is 0 Å². The maximum absolute atomic E-state index is 10.6. The Balaban J connectivity index is 4.48. The van der Waals surface area contributed by atoms with Crippen LogP contribution in [-0.2, 0) is 9.53 Å². The molecule has 0 aromatic heterocycles. The van der Waals surface area contributed by atoms with Crippen LogP contribution in [-0.4, -0.2) is 22.8 Å². The molecule has 0 saturated heterocycles. The number of allylic oxidation sites excluding steroid dienone is 2. The average molecular weight is 298 g/mol. The third-order valence-electron chi connectivity index (χ3n) is 2.00. The number of halogens is 3. The zero-order valence-corrected chi connectivity index (χ0v) is 12.0. The van der Waals surface area contributed by atoms with Crippen LogP contribution in [0.25, 0.3) is 0 Å². The van der Waals surface area contributed by atoms with E-state index in [2.05, 4.69) is 6.58 Å². The molecule has 0 aromatic carbocycles. The molecule has 0 saturated carbocycles. The Hall–Kier alpha value is -0.440. The molecule has 0 rings (SSSR count). The highest BCUT2D eigenvalue weighted by Gasteiger charge is 2.24. The zero-order valence-electron chi connectivity index (χ0n) is 9.75. The van der Waals surface area contributed by atoms with Crippen molar-refractivity contribution in [1.82, 2.24) is 0 Å². The second-order valence-corrected chi connectivity index (χ2v) is 5.08. The van der Waals surface area contributed by atoms with Gasteiger partial charge in [0, 0.05) is 18.0 Å². The molecule has 0 aliphatic heterocycles. The highest BCUT2D eigenvalue weighted by atomic mass is 35.5. The smallest absolute Gasteiger partial charge is 0.302 e. The summed E-state index contributed by atoms with van der Waals surface area (Å²) in [6, 6.07) is 0. The van der Waals surface area contributed by atoms with Crippen molar-refractivity contribution in [3.05, 3.63) is 35.9 Å². The van der Waals surface area contributed by atoms with Crippen LogP contribution >= 0.6 is 34.8 Å². The minimum Gasteiger partial charge on any atom is -0.461 e. The number of hydrogen-bond acceptors (Lipinski definition) is 2. The van der Waals surface area contributed by atoms with Crippen molar-refractivity contribution in [3.63, 3.8) is 0 Å². The summed E-state index contributed by atoms with van der Waals surface area (Å²) < 4.78 is 4.80. The second-order valence-electron chi connectivity index (χ2n) is 3.58. The van der Waals surface area contributed by atoms with Crippen LogP contribution in [0.1, 0.15) is 13.8 Å². The van der Waals surface area contributed by atoms with E-state index in [1.165, 1.54) is 12.5 Å². The SMILES string of the molecule is C=C[C@@](C)(Cl)C(Cl)/C=C/C(=C\Cl)COC(C)=O. The molecular formula is C12H15Cl3O2. The number of alkyl halides is 2. The Morgan fingerprint density at radius 3 is 2.59 bits per heavy atom. The van der Waals surface area contributed by atoms with Crippen molar-refractivity contribution >= 4 is 40.8 Å². The summed E-state index contributed by atoms with van der Waals surface area (Å²) in [5.74, 6) is -0.370. The fraction of sp³-hybridized carbons (Fsp3) is 0.417. The molecule has 0 radical (unpaired) electrons. The fourth-order valence-electron chi connectivity index (χ4n) is 0.810. The minimum atomic E-state index is -0.739. The summed E-state index contributed by atoms with van der Waals surface area (Å²) in [6.45, 7) is 6.78. The standard InChI is InChI=1S/C12H15Cl3O2/c1-4-12(3,15)11(14)6-5-10(7-13)8-17-9(2)16/h4-7,11H,1,8H2,2-3H3/b6-5+,10-7+/t11?,12-/m1/s1. The van der Waals surface area contributed by atoms with E-state index in [4.69, 9.17) is 39.5 Å². The Morgan fingerprint density at radius 1 is 1.59 bits per heavy atom. The lowest BCUT2D eigenvalue weighted by atomic mass is 10.1. The number of carbonyl (C=O) groups excluding carboxylic acids is 1. The van der Waals surface area contributed by atoms with Crippen molar-refractivity contribution in [2.75, 3.05) is 6.61 Å². The third kappa shape index (κ3) is 6.77. The molecule has 0 aliphatic rings. The first-order chi connectivity index (χ1) is 7.83. The van der Waals surface area contributed by atoms with Crippen molar-refractivity contribution < 1.29 is 9.53 Å². The summed E-state index contributed by atoms with van der Waals surface area (Å²) in [7, 11) is 0. The quantitative estimate of drug-likeness (QED) is 0.320. The van der Waals surface area contributed by atoms with E-state index < -0.39 is 10.3 Å². The second kappa shape index (κ2) is 7.80. The average Bonchev–Trinajstić information content (AvgIpc) is 2.28. The molecule has 2 atom stereocenters. The first-order valence-electron chi connectivity index (χ1n) is 4.91. The van der Waals surface area contributed by atoms with E-state index in [9.17, 15) is 4.79 Å². The van der Waals surface area contributed by atoms with Gasteiger partial charge in [-0.2, -0.15) is 0 Å². The normalized spacial score (nSPS) is 17.6. The molecule has 5 heteroatoms. The van der Waals surface area contributed by atoms with Gasteiger partial charge in [-0.25, -0.2) is 0 Å². The van der Waals surface area contributed by atoms with E-state index in [1.807, 2.05) is 0 Å². The molecule has 0 bridgehead atoms. The van der Waals surface area contributed by atoms with E-state index in [1.54, 1.807) is 25.2 Å². The summed E-state index contributed by atoms with van der Waals surface area (Å²) in [6.07, 6.45) is 4.90. The first kappa shape index (κ1) is 16.6. The molecule has 0 fully saturated rings. The van der Waals surface area contributed by atoms with Crippen LogP contribution in [0.4, 0.5) is 0 Å². The monoisotopic (exact) mass is 296 g/mol. The third-order valence-corrected chi connectivity index (χ3v) is 3.38. The number of hydrogen-bond donors (Lipinski definition) is 0. The molecular weight excluding hydrogens is 282 g/mol. The number of esters is 1. The number of carbonyl (C=O) groups is 1. The van der Waals surface area contributed by atoms with Crippen molar-refractivity contribution in [2.24, 2.45) is 0 Å². The van der Waals surface area contributed by atoms with Gasteiger partial charge < -0.3 is 4.74 Å². The summed E-state index contributed by atoms with van der Waals surface area (Å²) in [5.41, 5.74) is 1.95. The highest BCUT2D eigenvalue weighted by molar-refractivity contribution is 6.34. The van der Waals surface area contributed by atoms with Gasteiger partial charge in [0.25, 0.3) is 0 Å². The highest BCUT2D eigenvalue weighted by Crippen LogP contribution is 2.26. The summed E-state index contributed by atoms with van der Waals surface area (Å²) >= 11 is 17.7. The topological polar surface area (TPSA) is 26.3 Å². The van der Waals surface area contributed by atoms with Gasteiger partial charge in [0.1, 0.15) is 6.61 Å². The van der Waals surface area contributed by atoms with Crippen LogP contribution in [0.3, 0.4) is 0 Å². The van der Waals surface area contributed by atoms with Crippen LogP contribution in [0.5, 0.6) is 0 Å². The fourth-order valence-corrected chi connectivity index (χ4v) is 1.18. The van der Waals surface area contributed by atoms with Crippen molar-refractivity contribution in [1.29, 1.82) is 0 Å². The minimum absolute atomic E-state index is 0.103. The predicted octanol–water partition coefficient (Wildman–Crippen LogP) is 4.02. The Kier molecular flexibility index (Phi) is 7.60. The van der Waals surface area contributed by atoms with E-state index in [0.717, 1.165) is 0 Å². The molecule has 1 unspecified atom stereocenters. The molecule has 0 N–H and O–H groups in total. The molecule has 0 heterocycles. The molecule has 0 aromatic rings. The van der Waals surface area contributed by atoms with Crippen molar-refractivity contribution in [2.45, 2.75) is 24.1 Å².